The molecule has 2 aliphatic heterocycles. The SMILES string of the molecule is c1ccc(-c2ccc(N(c3ccc4c(c3)C3(c5ccccc5S4)c4ccccc4-c4ccccc43)c3ccc4c(c3)C3(c5ccccc5S4)c4ccccc4-c4ccccc43)c3c2oc2ccccc23)cc1. The molecule has 11 aromatic carbocycles. The maximum Gasteiger partial charge on any atom is 0.145 e. The maximum atomic E-state index is 7.03. The molecule has 2 aliphatic carbocycles. The van der Waals surface area contributed by atoms with Gasteiger partial charge in [-0.2, -0.15) is 0 Å². The fourth-order valence-corrected chi connectivity index (χ4v) is 15.6. The molecule has 12 aromatic rings. The van der Waals surface area contributed by atoms with Crippen LogP contribution in [0, 0.1) is 0 Å². The second kappa shape index (κ2) is 15.1. The van der Waals surface area contributed by atoms with E-state index < -0.39 is 10.8 Å². The Bertz CT molecular complexity index is 3980. The molecule has 0 amide bonds. The summed E-state index contributed by atoms with van der Waals surface area (Å²) in [4.78, 5) is 7.65. The number of benzene rings is 11. The fourth-order valence-electron chi connectivity index (χ4n) is 13.2. The van der Waals surface area contributed by atoms with Crippen LogP contribution in [-0.4, -0.2) is 0 Å². The largest absolute Gasteiger partial charge is 0.455 e. The van der Waals surface area contributed by atoms with Crippen LogP contribution in [0.25, 0.3) is 55.3 Å². The Balaban J connectivity index is 1.02. The molecule has 0 unspecified atom stereocenters. The van der Waals surface area contributed by atoms with E-state index in [1.54, 1.807) is 0 Å². The lowest BCUT2D eigenvalue weighted by molar-refractivity contribution is 0.670. The molecule has 0 bridgehead atoms. The van der Waals surface area contributed by atoms with Gasteiger partial charge < -0.3 is 9.32 Å². The first-order valence-electron chi connectivity index (χ1n) is 24.7. The third kappa shape index (κ3) is 5.27. The molecule has 4 heteroatoms. The van der Waals surface area contributed by atoms with E-state index >= 15 is 0 Å². The summed E-state index contributed by atoms with van der Waals surface area (Å²) >= 11 is 3.77. The zero-order valence-corrected chi connectivity index (χ0v) is 40.5. The molecule has 72 heavy (non-hydrogen) atoms. The standard InChI is InChI=1S/C68H41NOS2/c1-2-18-42(19-3-1)45-36-37-59(65-50-24-8-15-31-60(50)70-66(45)65)69(43-34-38-63-57(40-43)67(55-29-13-16-32-61(55)71-63)51-25-9-4-20-46(51)47-21-5-10-26-52(47)67)44-35-39-64-58(41-44)68(56-30-14-17-33-62(56)72-64)53-27-11-6-22-48(53)49-23-7-12-28-54(49)68/h1-41H. The zero-order valence-electron chi connectivity index (χ0n) is 38.8. The summed E-state index contributed by atoms with van der Waals surface area (Å²) in [7, 11) is 0. The summed E-state index contributed by atoms with van der Waals surface area (Å²) in [6, 6.07) is 93.0. The Kier molecular flexibility index (Phi) is 8.49. The van der Waals surface area contributed by atoms with Crippen LogP contribution in [0.2, 0.25) is 0 Å². The van der Waals surface area contributed by atoms with Crippen molar-refractivity contribution in [3.05, 3.63) is 293 Å². The Labute approximate surface area is 426 Å². The first kappa shape index (κ1) is 40.4. The number of hydrogen-bond acceptors (Lipinski definition) is 4. The van der Waals surface area contributed by atoms with E-state index in [9.17, 15) is 0 Å². The van der Waals surface area contributed by atoms with E-state index in [1.165, 1.54) is 86.3 Å². The number of para-hydroxylation sites is 1. The highest BCUT2D eigenvalue weighted by Gasteiger charge is 2.52. The molecule has 2 nitrogen and oxygen atoms in total. The van der Waals surface area contributed by atoms with Crippen molar-refractivity contribution in [1.82, 2.24) is 0 Å². The van der Waals surface area contributed by atoms with E-state index in [4.69, 9.17) is 4.42 Å². The highest BCUT2D eigenvalue weighted by molar-refractivity contribution is 7.99. The lowest BCUT2D eigenvalue weighted by Gasteiger charge is -2.41. The van der Waals surface area contributed by atoms with E-state index in [0.717, 1.165) is 50.1 Å². The molecule has 0 atom stereocenters. The lowest BCUT2D eigenvalue weighted by atomic mass is 9.67. The van der Waals surface area contributed by atoms with Gasteiger partial charge in [0.15, 0.2) is 0 Å². The van der Waals surface area contributed by atoms with Gasteiger partial charge in [0.1, 0.15) is 11.2 Å². The minimum atomic E-state index is -0.543. The van der Waals surface area contributed by atoms with E-state index in [0.29, 0.717) is 0 Å². The van der Waals surface area contributed by atoms with Gasteiger partial charge in [-0.3, -0.25) is 0 Å². The lowest BCUT2D eigenvalue weighted by Crippen LogP contribution is -2.32. The van der Waals surface area contributed by atoms with Crippen molar-refractivity contribution in [2.45, 2.75) is 30.4 Å². The third-order valence-electron chi connectivity index (χ3n) is 16.0. The van der Waals surface area contributed by atoms with Gasteiger partial charge in [0.25, 0.3) is 0 Å². The van der Waals surface area contributed by atoms with Crippen molar-refractivity contribution in [2.24, 2.45) is 0 Å². The number of hydrogen-bond donors (Lipinski definition) is 0. The number of furan rings is 1. The van der Waals surface area contributed by atoms with Gasteiger partial charge >= 0.3 is 0 Å². The van der Waals surface area contributed by atoms with Crippen LogP contribution in [0.15, 0.2) is 273 Å². The normalized spacial score (nSPS) is 14.5. The van der Waals surface area contributed by atoms with Crippen molar-refractivity contribution in [3.8, 4) is 33.4 Å². The molecule has 0 saturated carbocycles. The van der Waals surface area contributed by atoms with Crippen molar-refractivity contribution in [3.63, 3.8) is 0 Å². The highest BCUT2D eigenvalue weighted by atomic mass is 32.2. The van der Waals surface area contributed by atoms with Crippen LogP contribution in [0.5, 0.6) is 0 Å². The van der Waals surface area contributed by atoms with Gasteiger partial charge in [0.05, 0.1) is 21.9 Å². The Morgan fingerprint density at radius 3 is 1.25 bits per heavy atom. The monoisotopic (exact) mass is 951 g/mol. The Hall–Kier alpha value is -8.28. The van der Waals surface area contributed by atoms with Crippen molar-refractivity contribution in [1.29, 1.82) is 0 Å². The molecule has 1 aromatic heterocycles. The van der Waals surface area contributed by atoms with Crippen LogP contribution >= 0.6 is 23.5 Å². The molecule has 0 saturated heterocycles. The quantitative estimate of drug-likeness (QED) is 0.175. The predicted molar refractivity (Wildman–Crippen MR) is 297 cm³/mol. The Morgan fingerprint density at radius 1 is 0.319 bits per heavy atom. The molecule has 4 aliphatic rings. The second-order valence-corrected chi connectivity index (χ2v) is 21.5. The summed E-state index contributed by atoms with van der Waals surface area (Å²) in [5.41, 5.74) is 21.8. The van der Waals surface area contributed by atoms with Crippen molar-refractivity contribution < 1.29 is 4.42 Å². The Morgan fingerprint density at radius 2 is 0.736 bits per heavy atom. The summed E-state index contributed by atoms with van der Waals surface area (Å²) in [6.07, 6.45) is 0. The van der Waals surface area contributed by atoms with Gasteiger partial charge in [-0.1, -0.05) is 206 Å². The van der Waals surface area contributed by atoms with Gasteiger partial charge in [0, 0.05) is 41.9 Å². The average Bonchev–Trinajstić information content (AvgIpc) is 4.08. The number of anilines is 3. The summed E-state index contributed by atoms with van der Waals surface area (Å²) in [5, 5.41) is 2.17. The number of nitrogens with zero attached hydrogens (tertiary/aromatic N) is 1. The van der Waals surface area contributed by atoms with Crippen LogP contribution in [0.4, 0.5) is 17.1 Å². The smallest absolute Gasteiger partial charge is 0.145 e. The molecule has 3 heterocycles. The maximum absolute atomic E-state index is 7.03. The van der Waals surface area contributed by atoms with Gasteiger partial charge in [-0.05, 0) is 139 Å². The van der Waals surface area contributed by atoms with Crippen LogP contribution in [-0.2, 0) is 10.8 Å². The van der Waals surface area contributed by atoms with Gasteiger partial charge in [0.2, 0.25) is 0 Å². The first-order chi connectivity index (χ1) is 35.7. The van der Waals surface area contributed by atoms with Gasteiger partial charge in [-0.25, -0.2) is 0 Å². The second-order valence-electron chi connectivity index (χ2n) is 19.4. The van der Waals surface area contributed by atoms with E-state index in [1.807, 2.05) is 23.5 Å². The fraction of sp³-hybridized carbons (Fsp3) is 0.0294. The predicted octanol–water partition coefficient (Wildman–Crippen LogP) is 18.4. The third-order valence-corrected chi connectivity index (χ3v) is 18.3. The molecule has 0 radical (unpaired) electrons. The number of fused-ring (bicyclic) bond motifs is 21. The first-order valence-corrected chi connectivity index (χ1v) is 26.4. The van der Waals surface area contributed by atoms with E-state index in [-0.39, 0.29) is 0 Å². The molecule has 16 rings (SSSR count). The summed E-state index contributed by atoms with van der Waals surface area (Å²) in [5.74, 6) is 0. The van der Waals surface area contributed by atoms with Gasteiger partial charge in [-0.15, -0.1) is 0 Å². The van der Waals surface area contributed by atoms with Crippen LogP contribution in [0.3, 0.4) is 0 Å². The minimum Gasteiger partial charge on any atom is -0.455 e. The molecular weight excluding hydrogens is 911 g/mol. The molecule has 336 valence electrons. The minimum absolute atomic E-state index is 0.543. The molecule has 2 spiro atoms. The topological polar surface area (TPSA) is 16.4 Å². The number of rotatable bonds is 4. The van der Waals surface area contributed by atoms with Crippen molar-refractivity contribution in [2.75, 3.05) is 4.90 Å². The van der Waals surface area contributed by atoms with Crippen LogP contribution < -0.4 is 4.90 Å². The molecule has 0 fully saturated rings. The van der Waals surface area contributed by atoms with E-state index in [2.05, 4.69) is 254 Å². The molecule has 0 N–H and O–H groups in total. The van der Waals surface area contributed by atoms with Crippen molar-refractivity contribution >= 4 is 62.5 Å². The summed E-state index contributed by atoms with van der Waals surface area (Å²) in [6.45, 7) is 0. The highest BCUT2D eigenvalue weighted by Crippen LogP contribution is 2.65. The van der Waals surface area contributed by atoms with Crippen LogP contribution in [0.1, 0.15) is 44.5 Å². The average molecular weight is 952 g/mol. The zero-order chi connectivity index (χ0) is 47.1. The summed E-state index contributed by atoms with van der Waals surface area (Å²) < 4.78 is 7.03. The molecular formula is C68H41NOS2.